The summed E-state index contributed by atoms with van der Waals surface area (Å²) < 4.78 is 10.8. The van der Waals surface area contributed by atoms with E-state index in [9.17, 15) is 5.26 Å². The summed E-state index contributed by atoms with van der Waals surface area (Å²) in [7, 11) is 3.13. The van der Waals surface area contributed by atoms with E-state index in [1.165, 1.54) is 6.20 Å². The fourth-order valence-corrected chi connectivity index (χ4v) is 2.83. The van der Waals surface area contributed by atoms with E-state index in [1.54, 1.807) is 20.3 Å². The lowest BCUT2D eigenvalue weighted by molar-refractivity contribution is 0.299. The van der Waals surface area contributed by atoms with Gasteiger partial charge in [0.05, 0.1) is 25.5 Å². The van der Waals surface area contributed by atoms with Gasteiger partial charge in [0.15, 0.2) is 11.5 Å². The number of rotatable bonds is 6. The summed E-state index contributed by atoms with van der Waals surface area (Å²) in [4.78, 5) is 4.38. The molecular formula is C20H19N3O3. The van der Waals surface area contributed by atoms with Crippen LogP contribution in [0, 0.1) is 11.3 Å². The molecule has 3 aromatic rings. The van der Waals surface area contributed by atoms with E-state index in [0.29, 0.717) is 34.7 Å². The number of pyridine rings is 1. The molecule has 2 aromatic carbocycles. The van der Waals surface area contributed by atoms with Crippen LogP contribution in [-0.2, 0) is 6.42 Å². The van der Waals surface area contributed by atoms with Gasteiger partial charge in [-0.05, 0) is 36.2 Å². The molecule has 2 N–H and O–H groups in total. The number of nitriles is 1. The number of nitrogens with zero attached hydrogens (tertiary/aromatic N) is 2. The van der Waals surface area contributed by atoms with E-state index in [-0.39, 0.29) is 6.61 Å². The van der Waals surface area contributed by atoms with Gasteiger partial charge in [0.2, 0.25) is 0 Å². The van der Waals surface area contributed by atoms with Crippen LogP contribution in [0.25, 0.3) is 10.9 Å². The lowest BCUT2D eigenvalue weighted by atomic mass is 10.1. The van der Waals surface area contributed by atoms with E-state index in [0.717, 1.165) is 16.6 Å². The zero-order chi connectivity index (χ0) is 18.5. The average molecular weight is 349 g/mol. The molecule has 0 spiro atoms. The molecule has 0 fully saturated rings. The summed E-state index contributed by atoms with van der Waals surface area (Å²) in [5, 5.41) is 22.6. The maximum Gasteiger partial charge on any atom is 0.187 e. The van der Waals surface area contributed by atoms with E-state index >= 15 is 0 Å². The molecule has 0 saturated carbocycles. The Labute approximate surface area is 151 Å². The van der Waals surface area contributed by atoms with Gasteiger partial charge in [0, 0.05) is 23.9 Å². The van der Waals surface area contributed by atoms with Crippen LogP contribution in [-0.4, -0.2) is 30.9 Å². The molecule has 1 aromatic heterocycles. The molecule has 0 aliphatic carbocycles. The lowest BCUT2D eigenvalue weighted by Crippen LogP contribution is -1.99. The second-order valence-corrected chi connectivity index (χ2v) is 5.65. The summed E-state index contributed by atoms with van der Waals surface area (Å²) in [5.74, 6) is 1.10. The Morgan fingerprint density at radius 2 is 1.88 bits per heavy atom. The van der Waals surface area contributed by atoms with Gasteiger partial charge in [0.25, 0.3) is 0 Å². The summed E-state index contributed by atoms with van der Waals surface area (Å²) in [6, 6.07) is 13.5. The van der Waals surface area contributed by atoms with Gasteiger partial charge in [-0.2, -0.15) is 5.26 Å². The first-order chi connectivity index (χ1) is 12.7. The van der Waals surface area contributed by atoms with Crippen molar-refractivity contribution in [2.75, 3.05) is 26.1 Å². The van der Waals surface area contributed by atoms with Gasteiger partial charge in [-0.15, -0.1) is 0 Å². The van der Waals surface area contributed by atoms with Crippen LogP contribution in [0.4, 0.5) is 11.4 Å². The van der Waals surface area contributed by atoms with Gasteiger partial charge in [0.1, 0.15) is 11.6 Å². The Morgan fingerprint density at radius 1 is 1.12 bits per heavy atom. The number of benzene rings is 2. The summed E-state index contributed by atoms with van der Waals surface area (Å²) in [5.41, 5.74) is 3.60. The van der Waals surface area contributed by atoms with Crippen LogP contribution < -0.4 is 14.8 Å². The molecule has 0 radical (unpaired) electrons. The number of anilines is 2. The Bertz CT molecular complexity index is 963. The Hall–Kier alpha value is -3.30. The van der Waals surface area contributed by atoms with Crippen LogP contribution in [0.5, 0.6) is 11.5 Å². The highest BCUT2D eigenvalue weighted by Crippen LogP contribution is 2.38. The van der Waals surface area contributed by atoms with Crippen molar-refractivity contribution in [3.8, 4) is 17.6 Å². The third-order valence-corrected chi connectivity index (χ3v) is 4.13. The summed E-state index contributed by atoms with van der Waals surface area (Å²) in [6.45, 7) is 0.113. The number of ether oxygens (including phenoxy) is 2. The molecule has 0 aliphatic rings. The first kappa shape index (κ1) is 17.5. The van der Waals surface area contributed by atoms with Crippen LogP contribution in [0.2, 0.25) is 0 Å². The Kier molecular flexibility index (Phi) is 5.20. The topological polar surface area (TPSA) is 87.4 Å². The zero-order valence-electron chi connectivity index (χ0n) is 14.6. The van der Waals surface area contributed by atoms with Gasteiger partial charge in [-0.25, -0.2) is 0 Å². The van der Waals surface area contributed by atoms with Crippen molar-refractivity contribution in [2.45, 2.75) is 6.42 Å². The number of fused-ring (bicyclic) bond motifs is 1. The number of aliphatic hydroxyl groups excluding tert-OH is 1. The molecule has 3 rings (SSSR count). The molecule has 0 saturated heterocycles. The second-order valence-electron chi connectivity index (χ2n) is 5.65. The molecule has 0 atom stereocenters. The molecule has 6 nitrogen and oxygen atoms in total. The predicted octanol–water partition coefficient (Wildman–Crippen LogP) is 3.40. The van der Waals surface area contributed by atoms with E-state index in [4.69, 9.17) is 14.6 Å². The highest BCUT2D eigenvalue weighted by Gasteiger charge is 2.16. The molecule has 0 unspecified atom stereocenters. The number of methoxy groups -OCH3 is 2. The first-order valence-corrected chi connectivity index (χ1v) is 8.12. The van der Waals surface area contributed by atoms with Crippen LogP contribution in [0.3, 0.4) is 0 Å². The van der Waals surface area contributed by atoms with Gasteiger partial charge in [-0.1, -0.05) is 12.1 Å². The van der Waals surface area contributed by atoms with E-state index in [2.05, 4.69) is 16.4 Å². The summed E-state index contributed by atoms with van der Waals surface area (Å²) in [6.07, 6.45) is 2.13. The highest BCUT2D eigenvalue weighted by atomic mass is 16.5. The Morgan fingerprint density at radius 3 is 2.50 bits per heavy atom. The largest absolute Gasteiger partial charge is 0.493 e. The molecule has 1 heterocycles. The molecule has 0 aliphatic heterocycles. The number of aliphatic hydroxyl groups is 1. The Balaban J connectivity index is 2.10. The fraction of sp³-hybridized carbons (Fsp3) is 0.200. The van der Waals surface area contributed by atoms with Crippen LogP contribution in [0.1, 0.15) is 11.1 Å². The number of hydrogen-bond acceptors (Lipinski definition) is 6. The number of aromatic nitrogens is 1. The fourth-order valence-electron chi connectivity index (χ4n) is 2.83. The smallest absolute Gasteiger partial charge is 0.187 e. The third kappa shape index (κ3) is 3.25. The van der Waals surface area contributed by atoms with Crippen molar-refractivity contribution < 1.29 is 14.6 Å². The molecule has 26 heavy (non-hydrogen) atoms. The quantitative estimate of drug-likeness (QED) is 0.709. The first-order valence-electron chi connectivity index (χ1n) is 8.12. The minimum Gasteiger partial charge on any atom is -0.493 e. The van der Waals surface area contributed by atoms with Gasteiger partial charge in [-0.3, -0.25) is 4.98 Å². The molecule has 0 bridgehead atoms. The van der Waals surface area contributed by atoms with Gasteiger partial charge >= 0.3 is 0 Å². The minimum absolute atomic E-state index is 0.113. The normalized spacial score (nSPS) is 10.4. The number of nitrogens with one attached hydrogen (secondary N) is 1. The van der Waals surface area contributed by atoms with Crippen molar-refractivity contribution in [1.82, 2.24) is 4.98 Å². The molecule has 132 valence electrons. The molecular weight excluding hydrogens is 330 g/mol. The zero-order valence-corrected chi connectivity index (χ0v) is 14.6. The van der Waals surface area contributed by atoms with Crippen molar-refractivity contribution in [3.63, 3.8) is 0 Å². The number of hydrogen-bond donors (Lipinski definition) is 2. The molecule has 6 heteroatoms. The average Bonchev–Trinajstić information content (AvgIpc) is 2.68. The monoisotopic (exact) mass is 349 g/mol. The van der Waals surface area contributed by atoms with Crippen molar-refractivity contribution in [1.29, 1.82) is 5.26 Å². The van der Waals surface area contributed by atoms with Crippen LogP contribution >= 0.6 is 0 Å². The standard InChI is InChI=1S/C20H19N3O3/c1-25-17-8-7-16-18(14(11-21)12-22-19(16)20(17)26-2)23-15-5-3-13(4-6-15)9-10-24/h3-8,12,24H,9-10H2,1-2H3,(H,22,23). The van der Waals surface area contributed by atoms with Crippen molar-refractivity contribution >= 4 is 22.3 Å². The van der Waals surface area contributed by atoms with E-state index in [1.807, 2.05) is 30.3 Å². The lowest BCUT2D eigenvalue weighted by Gasteiger charge is -2.15. The van der Waals surface area contributed by atoms with E-state index < -0.39 is 0 Å². The van der Waals surface area contributed by atoms with Gasteiger partial charge < -0.3 is 19.9 Å². The maximum absolute atomic E-state index is 9.48. The predicted molar refractivity (Wildman–Crippen MR) is 100 cm³/mol. The second kappa shape index (κ2) is 7.72. The van der Waals surface area contributed by atoms with Crippen molar-refractivity contribution in [2.24, 2.45) is 0 Å². The van der Waals surface area contributed by atoms with Crippen molar-refractivity contribution in [3.05, 3.63) is 53.7 Å². The SMILES string of the molecule is COc1ccc2c(Nc3ccc(CCO)cc3)c(C#N)cnc2c1OC. The summed E-state index contributed by atoms with van der Waals surface area (Å²) >= 11 is 0. The third-order valence-electron chi connectivity index (χ3n) is 4.13. The molecule has 0 amide bonds. The van der Waals surface area contributed by atoms with Crippen LogP contribution in [0.15, 0.2) is 42.6 Å². The minimum atomic E-state index is 0.113. The highest BCUT2D eigenvalue weighted by molar-refractivity contribution is 5.99. The maximum atomic E-state index is 9.48.